The summed E-state index contributed by atoms with van der Waals surface area (Å²) < 4.78 is 5.76. The van der Waals surface area contributed by atoms with Crippen molar-refractivity contribution in [2.75, 3.05) is 5.75 Å². The van der Waals surface area contributed by atoms with Gasteiger partial charge in [0.05, 0.1) is 12.0 Å². The summed E-state index contributed by atoms with van der Waals surface area (Å²) in [5, 5.41) is 10.9. The molecule has 2 aromatic carbocycles. The third-order valence-corrected chi connectivity index (χ3v) is 3.85. The minimum atomic E-state index is -0.227. The Labute approximate surface area is 148 Å². The number of amides is 1. The number of benzene rings is 2. The molecule has 0 saturated carbocycles. The lowest BCUT2D eigenvalue weighted by Crippen LogP contribution is -2.19. The predicted molar refractivity (Wildman–Crippen MR) is 95.8 cm³/mol. The van der Waals surface area contributed by atoms with Gasteiger partial charge in [-0.2, -0.15) is 10.2 Å². The molecule has 0 saturated heterocycles. The van der Waals surface area contributed by atoms with Gasteiger partial charge in [-0.1, -0.05) is 42.1 Å². The quantitative estimate of drug-likeness (QED) is 0.387. The van der Waals surface area contributed by atoms with E-state index in [0.717, 1.165) is 11.3 Å². The Kier molecular flexibility index (Phi) is 5.78. The van der Waals surface area contributed by atoms with Gasteiger partial charge < -0.3 is 4.74 Å². The largest absolute Gasteiger partial charge is 0.457 e. The molecule has 0 bridgehead atoms. The number of carbonyl (C=O) groups excluding carboxylic acids is 1. The number of ether oxygens (including phenoxy) is 1. The van der Waals surface area contributed by atoms with Crippen LogP contribution in [0, 0.1) is 0 Å². The number of aromatic nitrogens is 3. The first-order valence-electron chi connectivity index (χ1n) is 7.42. The van der Waals surface area contributed by atoms with Gasteiger partial charge in [-0.25, -0.2) is 10.4 Å². The molecule has 0 radical (unpaired) electrons. The van der Waals surface area contributed by atoms with Crippen LogP contribution in [0.25, 0.3) is 0 Å². The van der Waals surface area contributed by atoms with E-state index >= 15 is 0 Å². The highest BCUT2D eigenvalue weighted by Crippen LogP contribution is 2.21. The van der Waals surface area contributed by atoms with Crippen LogP contribution in [-0.4, -0.2) is 33.1 Å². The second-order valence-corrected chi connectivity index (χ2v) is 5.82. The molecule has 0 aliphatic rings. The zero-order chi connectivity index (χ0) is 17.3. The lowest BCUT2D eigenvalue weighted by Gasteiger charge is -2.05. The zero-order valence-electron chi connectivity index (χ0n) is 13.1. The van der Waals surface area contributed by atoms with Gasteiger partial charge in [-0.15, -0.1) is 0 Å². The van der Waals surface area contributed by atoms with Crippen molar-refractivity contribution in [3.63, 3.8) is 0 Å². The third-order valence-electron chi connectivity index (χ3n) is 2.97. The lowest BCUT2D eigenvalue weighted by molar-refractivity contribution is -0.118. The van der Waals surface area contributed by atoms with Crippen molar-refractivity contribution in [2.24, 2.45) is 5.10 Å². The van der Waals surface area contributed by atoms with Gasteiger partial charge in [0, 0.05) is 0 Å². The van der Waals surface area contributed by atoms with Gasteiger partial charge >= 0.3 is 0 Å². The standard InChI is InChI=1S/C17H15N5O2S/c23-16(11-25-17-18-12-20-22-17)21-19-10-13-5-4-8-15(9-13)24-14-6-2-1-3-7-14/h1-10,12H,11H2,(H,21,23)(H,18,20,22). The molecule has 1 aromatic heterocycles. The van der Waals surface area contributed by atoms with E-state index in [1.807, 2.05) is 54.6 Å². The molecule has 2 N–H and O–H groups in total. The van der Waals surface area contributed by atoms with Crippen molar-refractivity contribution in [2.45, 2.75) is 5.16 Å². The maximum atomic E-state index is 11.7. The second-order valence-electron chi connectivity index (χ2n) is 4.86. The Balaban J connectivity index is 1.51. The van der Waals surface area contributed by atoms with E-state index in [0.29, 0.717) is 10.9 Å². The first-order chi connectivity index (χ1) is 12.3. The minimum absolute atomic E-state index is 0.198. The molecule has 25 heavy (non-hydrogen) atoms. The average molecular weight is 353 g/mol. The highest BCUT2D eigenvalue weighted by atomic mass is 32.2. The van der Waals surface area contributed by atoms with Gasteiger partial charge in [0.25, 0.3) is 5.91 Å². The first-order valence-corrected chi connectivity index (χ1v) is 8.41. The molecule has 0 aliphatic carbocycles. The van der Waals surface area contributed by atoms with Crippen LogP contribution in [0.2, 0.25) is 0 Å². The number of H-pyrrole nitrogens is 1. The Morgan fingerprint density at radius 2 is 2.04 bits per heavy atom. The molecule has 0 spiro atoms. The summed E-state index contributed by atoms with van der Waals surface area (Å²) in [6.07, 6.45) is 2.96. The van der Waals surface area contributed by atoms with E-state index < -0.39 is 0 Å². The fourth-order valence-electron chi connectivity index (χ4n) is 1.89. The van der Waals surface area contributed by atoms with E-state index in [-0.39, 0.29) is 11.7 Å². The number of nitrogens with one attached hydrogen (secondary N) is 2. The first kappa shape index (κ1) is 16.7. The summed E-state index contributed by atoms with van der Waals surface area (Å²) in [4.78, 5) is 15.6. The van der Waals surface area contributed by atoms with Gasteiger partial charge in [0.15, 0.2) is 5.16 Å². The van der Waals surface area contributed by atoms with E-state index in [4.69, 9.17) is 4.74 Å². The topological polar surface area (TPSA) is 92.3 Å². The van der Waals surface area contributed by atoms with Crippen molar-refractivity contribution < 1.29 is 9.53 Å². The van der Waals surface area contributed by atoms with Crippen molar-refractivity contribution in [3.05, 3.63) is 66.5 Å². The number of hydrogen-bond acceptors (Lipinski definition) is 6. The summed E-state index contributed by atoms with van der Waals surface area (Å²) in [5.41, 5.74) is 3.29. The Morgan fingerprint density at radius 3 is 2.84 bits per heavy atom. The molecule has 0 aliphatic heterocycles. The predicted octanol–water partition coefficient (Wildman–Crippen LogP) is 2.84. The summed E-state index contributed by atoms with van der Waals surface area (Å²) in [6, 6.07) is 16.9. The molecular weight excluding hydrogens is 338 g/mol. The third kappa shape index (κ3) is 5.47. The monoisotopic (exact) mass is 353 g/mol. The summed E-state index contributed by atoms with van der Waals surface area (Å²) in [5.74, 6) is 1.43. The normalized spacial score (nSPS) is 10.7. The molecule has 7 nitrogen and oxygen atoms in total. The molecule has 1 amide bonds. The maximum absolute atomic E-state index is 11.7. The minimum Gasteiger partial charge on any atom is -0.457 e. The van der Waals surface area contributed by atoms with Crippen molar-refractivity contribution in [3.8, 4) is 11.5 Å². The van der Waals surface area contributed by atoms with Crippen molar-refractivity contribution >= 4 is 23.9 Å². The van der Waals surface area contributed by atoms with Crippen LogP contribution < -0.4 is 10.2 Å². The average Bonchev–Trinajstić information content (AvgIpc) is 3.15. The Morgan fingerprint density at radius 1 is 1.20 bits per heavy atom. The van der Waals surface area contributed by atoms with E-state index in [9.17, 15) is 4.79 Å². The number of aromatic amines is 1. The second kappa shape index (κ2) is 8.65. The van der Waals surface area contributed by atoms with Crippen molar-refractivity contribution in [1.29, 1.82) is 0 Å². The van der Waals surface area contributed by atoms with Crippen LogP contribution in [0.3, 0.4) is 0 Å². The molecule has 0 atom stereocenters. The summed E-state index contributed by atoms with van der Waals surface area (Å²) >= 11 is 1.25. The number of para-hydroxylation sites is 1. The molecule has 3 aromatic rings. The van der Waals surface area contributed by atoms with Crippen LogP contribution in [0.5, 0.6) is 11.5 Å². The number of nitrogens with zero attached hydrogens (tertiary/aromatic N) is 3. The van der Waals surface area contributed by atoms with Crippen LogP contribution in [-0.2, 0) is 4.79 Å². The van der Waals surface area contributed by atoms with E-state index in [2.05, 4.69) is 25.7 Å². The van der Waals surface area contributed by atoms with Gasteiger partial charge in [0.2, 0.25) is 0 Å². The molecule has 126 valence electrons. The van der Waals surface area contributed by atoms with Crippen LogP contribution in [0.1, 0.15) is 5.56 Å². The number of rotatable bonds is 7. The number of hydrazone groups is 1. The molecule has 3 rings (SSSR count). The molecule has 8 heteroatoms. The van der Waals surface area contributed by atoms with Crippen LogP contribution in [0.4, 0.5) is 0 Å². The highest BCUT2D eigenvalue weighted by Gasteiger charge is 2.03. The molecular formula is C17H15N5O2S. The van der Waals surface area contributed by atoms with Gasteiger partial charge in [-0.05, 0) is 29.8 Å². The summed E-state index contributed by atoms with van der Waals surface area (Å²) in [6.45, 7) is 0. The highest BCUT2D eigenvalue weighted by molar-refractivity contribution is 7.99. The molecule has 0 unspecified atom stereocenters. The maximum Gasteiger partial charge on any atom is 0.250 e. The smallest absolute Gasteiger partial charge is 0.250 e. The van der Waals surface area contributed by atoms with Crippen LogP contribution >= 0.6 is 11.8 Å². The number of hydrogen-bond donors (Lipinski definition) is 2. The SMILES string of the molecule is O=C(CSc1ncn[nH]1)NN=Cc1cccc(Oc2ccccc2)c1. The zero-order valence-corrected chi connectivity index (χ0v) is 13.9. The van der Waals surface area contributed by atoms with Crippen LogP contribution in [0.15, 0.2) is 71.2 Å². The Hall–Kier alpha value is -3.13. The fraction of sp³-hybridized carbons (Fsp3) is 0.0588. The van der Waals surface area contributed by atoms with Crippen molar-refractivity contribution in [1.82, 2.24) is 20.6 Å². The fourth-order valence-corrected chi connectivity index (χ4v) is 2.46. The molecule has 0 fully saturated rings. The summed E-state index contributed by atoms with van der Waals surface area (Å²) in [7, 11) is 0. The van der Waals surface area contributed by atoms with E-state index in [1.165, 1.54) is 18.1 Å². The molecule has 1 heterocycles. The Bertz CT molecular complexity index is 837. The lowest BCUT2D eigenvalue weighted by atomic mass is 10.2. The van der Waals surface area contributed by atoms with Gasteiger partial charge in [-0.3, -0.25) is 9.89 Å². The number of carbonyl (C=O) groups is 1. The number of thioether (sulfide) groups is 1. The van der Waals surface area contributed by atoms with E-state index in [1.54, 1.807) is 6.21 Å². The van der Waals surface area contributed by atoms with Gasteiger partial charge in [0.1, 0.15) is 17.8 Å².